The predicted octanol–water partition coefficient (Wildman–Crippen LogP) is 3.45. The lowest BCUT2D eigenvalue weighted by atomic mass is 10.3. The number of rotatable bonds is 2. The van der Waals surface area contributed by atoms with E-state index in [1.807, 2.05) is 0 Å². The summed E-state index contributed by atoms with van der Waals surface area (Å²) in [6.45, 7) is 0. The van der Waals surface area contributed by atoms with Crippen molar-refractivity contribution >= 4 is 33.2 Å². The van der Waals surface area contributed by atoms with Crippen LogP contribution in [0.15, 0.2) is 34.4 Å². The van der Waals surface area contributed by atoms with Crippen LogP contribution in [0, 0.1) is 22.7 Å². The Kier molecular flexibility index (Phi) is 4.17. The van der Waals surface area contributed by atoms with Crippen LogP contribution in [-0.4, -0.2) is 0 Å². The normalized spacial score (nSPS) is 8.53. The molecule has 1 N–H and O–H groups in total. The fourth-order valence-electron chi connectivity index (χ4n) is 0.848. The molecule has 0 amide bonds. The van der Waals surface area contributed by atoms with Crippen LogP contribution in [0.25, 0.3) is 0 Å². The summed E-state index contributed by atoms with van der Waals surface area (Å²) in [5, 5.41) is 20.4. The zero-order valence-electron chi connectivity index (χ0n) is 7.46. The summed E-state index contributed by atoms with van der Waals surface area (Å²) in [4.78, 5) is 0. The Hall–Kier alpha value is -1.49. The van der Waals surface area contributed by atoms with Crippen LogP contribution in [0.2, 0.25) is 5.02 Å². The minimum absolute atomic E-state index is 0.00174. The van der Waals surface area contributed by atoms with E-state index in [4.69, 9.17) is 22.1 Å². The molecule has 5 heteroatoms. The van der Waals surface area contributed by atoms with Crippen LogP contribution in [0.3, 0.4) is 0 Å². The summed E-state index contributed by atoms with van der Waals surface area (Å²) in [7, 11) is 0. The number of allylic oxidation sites excluding steroid dienone is 1. The van der Waals surface area contributed by atoms with E-state index in [2.05, 4.69) is 21.2 Å². The van der Waals surface area contributed by atoms with Gasteiger partial charge in [0.2, 0.25) is 0 Å². The first-order chi connectivity index (χ1) is 7.17. The molecule has 0 radical (unpaired) electrons. The molecule has 0 heterocycles. The van der Waals surface area contributed by atoms with E-state index < -0.39 is 0 Å². The molecule has 0 atom stereocenters. The van der Waals surface area contributed by atoms with Gasteiger partial charge in [0, 0.05) is 15.7 Å². The molecule has 0 aromatic heterocycles. The average molecular weight is 283 g/mol. The van der Waals surface area contributed by atoms with E-state index in [0.29, 0.717) is 10.7 Å². The van der Waals surface area contributed by atoms with E-state index in [9.17, 15) is 0 Å². The molecule has 0 saturated carbocycles. The Balaban J connectivity index is 2.92. The molecule has 1 aromatic rings. The number of hydrogen-bond donors (Lipinski definition) is 1. The average Bonchev–Trinajstić information content (AvgIpc) is 2.24. The van der Waals surface area contributed by atoms with Crippen LogP contribution >= 0.6 is 27.5 Å². The van der Waals surface area contributed by atoms with E-state index in [0.717, 1.165) is 4.47 Å². The fourth-order valence-corrected chi connectivity index (χ4v) is 1.38. The van der Waals surface area contributed by atoms with Crippen molar-refractivity contribution < 1.29 is 0 Å². The van der Waals surface area contributed by atoms with Gasteiger partial charge in [-0.25, -0.2) is 0 Å². The van der Waals surface area contributed by atoms with E-state index in [1.165, 1.54) is 6.20 Å². The monoisotopic (exact) mass is 281 g/mol. The summed E-state index contributed by atoms with van der Waals surface area (Å²) in [6.07, 6.45) is 1.33. The maximum Gasteiger partial charge on any atom is 0.145 e. The zero-order valence-corrected chi connectivity index (χ0v) is 9.80. The molecular weight excluding hydrogens is 277 g/mol. The third-order valence-electron chi connectivity index (χ3n) is 1.54. The standard InChI is InChI=1S/C10H5BrClN3/c11-9-2-1-8(12)3-10(9)15-6-7(4-13)5-14/h1-3,6,15H. The Morgan fingerprint density at radius 2 is 2.07 bits per heavy atom. The second-order valence-electron chi connectivity index (χ2n) is 2.55. The zero-order chi connectivity index (χ0) is 11.3. The highest BCUT2D eigenvalue weighted by Crippen LogP contribution is 2.25. The molecule has 74 valence electrons. The van der Waals surface area contributed by atoms with Crippen molar-refractivity contribution in [3.05, 3.63) is 39.5 Å². The first-order valence-corrected chi connectivity index (χ1v) is 5.06. The minimum atomic E-state index is 0.00174. The number of anilines is 1. The summed E-state index contributed by atoms with van der Waals surface area (Å²) in [5.41, 5.74) is 0.701. The third-order valence-corrected chi connectivity index (χ3v) is 2.47. The fraction of sp³-hybridized carbons (Fsp3) is 0. The maximum atomic E-state index is 8.51. The van der Waals surface area contributed by atoms with E-state index >= 15 is 0 Å². The SMILES string of the molecule is N#CC(C#N)=CNc1cc(Cl)ccc1Br. The van der Waals surface area contributed by atoms with Gasteiger partial charge in [0.25, 0.3) is 0 Å². The first kappa shape index (κ1) is 11.6. The molecule has 0 unspecified atom stereocenters. The van der Waals surface area contributed by atoms with Gasteiger partial charge in [-0.3, -0.25) is 0 Å². The highest BCUT2D eigenvalue weighted by Gasteiger charge is 1.99. The molecule has 0 bridgehead atoms. The van der Waals surface area contributed by atoms with Gasteiger partial charge in [0.1, 0.15) is 17.7 Å². The number of benzene rings is 1. The van der Waals surface area contributed by atoms with Crippen molar-refractivity contribution in [3.8, 4) is 12.1 Å². The van der Waals surface area contributed by atoms with Crippen LogP contribution in [-0.2, 0) is 0 Å². The Labute approximate surface area is 101 Å². The largest absolute Gasteiger partial charge is 0.359 e. The van der Waals surface area contributed by atoms with Gasteiger partial charge in [0.05, 0.1) is 5.69 Å². The van der Waals surface area contributed by atoms with Crippen molar-refractivity contribution in [2.45, 2.75) is 0 Å². The Morgan fingerprint density at radius 1 is 1.40 bits per heavy atom. The molecule has 0 aliphatic rings. The second-order valence-corrected chi connectivity index (χ2v) is 3.84. The number of nitriles is 2. The molecule has 1 aromatic carbocycles. The van der Waals surface area contributed by atoms with Crippen molar-refractivity contribution in [3.63, 3.8) is 0 Å². The predicted molar refractivity (Wildman–Crippen MR) is 62.1 cm³/mol. The molecular formula is C10H5BrClN3. The molecule has 3 nitrogen and oxygen atoms in total. The van der Waals surface area contributed by atoms with Gasteiger partial charge < -0.3 is 5.32 Å². The molecule has 0 aliphatic carbocycles. The number of hydrogen-bond acceptors (Lipinski definition) is 3. The lowest BCUT2D eigenvalue weighted by molar-refractivity contribution is 1.44. The van der Waals surface area contributed by atoms with Crippen molar-refractivity contribution in [1.82, 2.24) is 0 Å². The summed E-state index contributed by atoms with van der Waals surface area (Å²) in [6, 6.07) is 8.69. The van der Waals surface area contributed by atoms with Gasteiger partial charge in [-0.15, -0.1) is 0 Å². The van der Waals surface area contributed by atoms with Gasteiger partial charge >= 0.3 is 0 Å². The van der Waals surface area contributed by atoms with Gasteiger partial charge in [-0.1, -0.05) is 11.6 Å². The topological polar surface area (TPSA) is 59.6 Å². The van der Waals surface area contributed by atoms with Gasteiger partial charge in [0.15, 0.2) is 0 Å². The maximum absolute atomic E-state index is 8.51. The Morgan fingerprint density at radius 3 is 2.67 bits per heavy atom. The van der Waals surface area contributed by atoms with Crippen LogP contribution in [0.4, 0.5) is 5.69 Å². The highest BCUT2D eigenvalue weighted by atomic mass is 79.9. The summed E-state index contributed by atoms with van der Waals surface area (Å²) < 4.78 is 0.804. The van der Waals surface area contributed by atoms with Gasteiger partial charge in [-0.2, -0.15) is 10.5 Å². The van der Waals surface area contributed by atoms with Crippen molar-refractivity contribution in [1.29, 1.82) is 10.5 Å². The highest BCUT2D eigenvalue weighted by molar-refractivity contribution is 9.10. The minimum Gasteiger partial charge on any atom is -0.359 e. The molecule has 0 saturated heterocycles. The molecule has 0 fully saturated rings. The third kappa shape index (κ3) is 3.28. The van der Waals surface area contributed by atoms with Gasteiger partial charge in [-0.05, 0) is 34.1 Å². The molecule has 0 spiro atoms. The smallest absolute Gasteiger partial charge is 0.145 e. The molecule has 0 aliphatic heterocycles. The van der Waals surface area contributed by atoms with E-state index in [1.54, 1.807) is 30.3 Å². The van der Waals surface area contributed by atoms with Crippen molar-refractivity contribution in [2.75, 3.05) is 5.32 Å². The molecule has 15 heavy (non-hydrogen) atoms. The number of nitrogens with one attached hydrogen (secondary N) is 1. The second kappa shape index (κ2) is 5.41. The number of halogens is 2. The number of nitrogens with zero attached hydrogens (tertiary/aromatic N) is 2. The van der Waals surface area contributed by atoms with Crippen LogP contribution < -0.4 is 5.32 Å². The summed E-state index contributed by atoms with van der Waals surface area (Å²) >= 11 is 9.10. The van der Waals surface area contributed by atoms with Crippen LogP contribution in [0.1, 0.15) is 0 Å². The molecule has 1 rings (SSSR count). The van der Waals surface area contributed by atoms with E-state index in [-0.39, 0.29) is 5.57 Å². The van der Waals surface area contributed by atoms with Crippen molar-refractivity contribution in [2.24, 2.45) is 0 Å². The quantitative estimate of drug-likeness (QED) is 0.845. The lowest BCUT2D eigenvalue weighted by Gasteiger charge is -2.03. The lowest BCUT2D eigenvalue weighted by Crippen LogP contribution is -1.90. The Bertz CT molecular complexity index is 466. The van der Waals surface area contributed by atoms with Crippen LogP contribution in [0.5, 0.6) is 0 Å². The first-order valence-electron chi connectivity index (χ1n) is 3.89. The summed E-state index contributed by atoms with van der Waals surface area (Å²) in [5.74, 6) is 0.